The second-order valence-corrected chi connectivity index (χ2v) is 6.14. The van der Waals surface area contributed by atoms with E-state index in [1.165, 1.54) is 18.8 Å². The van der Waals surface area contributed by atoms with Crippen molar-refractivity contribution in [3.05, 3.63) is 43.1 Å². The number of sulfonamides is 1. The van der Waals surface area contributed by atoms with Crippen molar-refractivity contribution in [3.8, 4) is 11.5 Å². The molecule has 0 aliphatic heterocycles. The zero-order valence-corrected chi connectivity index (χ0v) is 12.5. The average molecular weight is 319 g/mol. The molecule has 1 aromatic carbocycles. The lowest BCUT2D eigenvalue weighted by Crippen LogP contribution is -2.12. The number of benzene rings is 1. The lowest BCUT2D eigenvalue weighted by Gasteiger charge is -2.06. The minimum atomic E-state index is -3.69. The Balaban J connectivity index is 1.88. The fraction of sp³-hybridized carbons (Fsp3) is 0.154. The fourth-order valence-corrected chi connectivity index (χ4v) is 2.89. The smallest absolute Gasteiger partial charge is 0.265 e. The van der Waals surface area contributed by atoms with Crippen LogP contribution in [0.2, 0.25) is 0 Å². The molecular weight excluding hydrogens is 306 g/mol. The summed E-state index contributed by atoms with van der Waals surface area (Å²) in [5, 5.41) is 11.4. The molecule has 0 spiro atoms. The van der Waals surface area contributed by atoms with Crippen LogP contribution in [0.4, 0.5) is 5.69 Å². The third-order valence-corrected chi connectivity index (χ3v) is 4.30. The van der Waals surface area contributed by atoms with Gasteiger partial charge in [0.05, 0.1) is 6.20 Å². The van der Waals surface area contributed by atoms with E-state index in [-0.39, 0.29) is 4.90 Å². The number of aromatic nitrogens is 4. The first kappa shape index (κ1) is 14.3. The molecule has 8 nitrogen and oxygen atoms in total. The maximum atomic E-state index is 12.3. The van der Waals surface area contributed by atoms with E-state index in [1.807, 2.05) is 6.92 Å². The van der Waals surface area contributed by atoms with Crippen LogP contribution in [0.25, 0.3) is 11.5 Å². The molecule has 0 radical (unpaired) electrons. The molecule has 3 rings (SSSR count). The molecule has 9 heteroatoms. The van der Waals surface area contributed by atoms with Gasteiger partial charge in [0.2, 0.25) is 12.3 Å². The largest absolute Gasteiger partial charge is 0.423 e. The average Bonchev–Trinajstić information content (AvgIpc) is 3.19. The lowest BCUT2D eigenvalue weighted by atomic mass is 10.2. The van der Waals surface area contributed by atoms with Crippen LogP contribution in [-0.2, 0) is 16.6 Å². The Bertz CT molecular complexity index is 871. The maximum Gasteiger partial charge on any atom is 0.265 e. The van der Waals surface area contributed by atoms with Crippen molar-refractivity contribution >= 4 is 15.7 Å². The van der Waals surface area contributed by atoms with Gasteiger partial charge in [-0.05, 0) is 25.1 Å². The molecule has 0 aliphatic carbocycles. The lowest BCUT2D eigenvalue weighted by molar-refractivity contribution is 0.568. The van der Waals surface area contributed by atoms with Crippen LogP contribution < -0.4 is 4.72 Å². The van der Waals surface area contributed by atoms with E-state index in [1.54, 1.807) is 28.9 Å². The topological polar surface area (TPSA) is 103 Å². The molecule has 0 bridgehead atoms. The zero-order chi connectivity index (χ0) is 15.6. The summed E-state index contributed by atoms with van der Waals surface area (Å²) in [6.45, 7) is 2.48. The summed E-state index contributed by atoms with van der Waals surface area (Å²) in [5.41, 5.74) is 1.03. The fourth-order valence-electron chi connectivity index (χ4n) is 1.88. The number of rotatable bonds is 5. The Labute approximate surface area is 126 Å². The summed E-state index contributed by atoms with van der Waals surface area (Å²) in [4.78, 5) is 0.109. The Kier molecular flexibility index (Phi) is 3.63. The number of anilines is 1. The second kappa shape index (κ2) is 5.60. The van der Waals surface area contributed by atoms with Crippen LogP contribution in [-0.4, -0.2) is 28.4 Å². The quantitative estimate of drug-likeness (QED) is 0.768. The van der Waals surface area contributed by atoms with Gasteiger partial charge < -0.3 is 4.42 Å². The number of hydrogen-bond acceptors (Lipinski definition) is 6. The van der Waals surface area contributed by atoms with Gasteiger partial charge >= 0.3 is 0 Å². The maximum absolute atomic E-state index is 12.3. The van der Waals surface area contributed by atoms with E-state index in [0.29, 0.717) is 23.7 Å². The molecule has 2 aromatic heterocycles. The summed E-state index contributed by atoms with van der Waals surface area (Å²) < 4.78 is 33.8. The van der Waals surface area contributed by atoms with Gasteiger partial charge in [-0.2, -0.15) is 5.10 Å². The molecule has 0 aliphatic rings. The van der Waals surface area contributed by atoms with Crippen molar-refractivity contribution in [2.45, 2.75) is 18.4 Å². The highest BCUT2D eigenvalue weighted by atomic mass is 32.2. The van der Waals surface area contributed by atoms with Gasteiger partial charge in [-0.15, -0.1) is 10.2 Å². The summed E-state index contributed by atoms with van der Waals surface area (Å²) in [5.74, 6) is 0.319. The first-order valence-corrected chi connectivity index (χ1v) is 7.98. The van der Waals surface area contributed by atoms with Gasteiger partial charge in [0, 0.05) is 24.0 Å². The Hall–Kier alpha value is -2.68. The van der Waals surface area contributed by atoms with Crippen LogP contribution >= 0.6 is 0 Å². The zero-order valence-electron chi connectivity index (χ0n) is 11.7. The molecular formula is C13H13N5O3S. The normalized spacial score (nSPS) is 11.5. The minimum Gasteiger partial charge on any atom is -0.423 e. The first-order chi connectivity index (χ1) is 10.6. The molecule has 0 saturated heterocycles. The molecule has 3 aromatic rings. The molecule has 1 N–H and O–H groups in total. The predicted molar refractivity (Wildman–Crippen MR) is 78.4 cm³/mol. The van der Waals surface area contributed by atoms with E-state index in [2.05, 4.69) is 20.0 Å². The number of nitrogens with one attached hydrogen (secondary N) is 1. The third kappa shape index (κ3) is 2.84. The van der Waals surface area contributed by atoms with Crippen LogP contribution in [0.15, 0.2) is 52.4 Å². The van der Waals surface area contributed by atoms with Crippen molar-refractivity contribution in [1.29, 1.82) is 0 Å². The van der Waals surface area contributed by atoms with Crippen LogP contribution in [0.3, 0.4) is 0 Å². The number of nitrogens with zero attached hydrogens (tertiary/aromatic N) is 4. The van der Waals surface area contributed by atoms with E-state index >= 15 is 0 Å². The molecule has 2 heterocycles. The predicted octanol–water partition coefficient (Wildman–Crippen LogP) is 1.75. The summed E-state index contributed by atoms with van der Waals surface area (Å²) >= 11 is 0. The monoisotopic (exact) mass is 319 g/mol. The van der Waals surface area contributed by atoms with Gasteiger partial charge in [-0.1, -0.05) is 6.07 Å². The molecule has 0 fully saturated rings. The van der Waals surface area contributed by atoms with E-state index in [4.69, 9.17) is 4.42 Å². The Morgan fingerprint density at radius 3 is 2.91 bits per heavy atom. The first-order valence-electron chi connectivity index (χ1n) is 6.50. The van der Waals surface area contributed by atoms with Gasteiger partial charge in [0.15, 0.2) is 0 Å². The van der Waals surface area contributed by atoms with Crippen molar-refractivity contribution in [2.75, 3.05) is 4.72 Å². The molecule has 22 heavy (non-hydrogen) atoms. The van der Waals surface area contributed by atoms with Crippen molar-refractivity contribution in [3.63, 3.8) is 0 Å². The SMILES string of the molecule is CCn1cc(S(=O)(=O)Nc2cccc(-c3nnco3)c2)cn1. The highest BCUT2D eigenvalue weighted by Gasteiger charge is 2.17. The number of aryl methyl sites for hydroxylation is 1. The Morgan fingerprint density at radius 2 is 2.23 bits per heavy atom. The molecule has 0 atom stereocenters. The van der Waals surface area contributed by atoms with Gasteiger partial charge in [-0.3, -0.25) is 9.40 Å². The molecule has 0 amide bonds. The van der Waals surface area contributed by atoms with E-state index in [9.17, 15) is 8.42 Å². The molecule has 0 saturated carbocycles. The standard InChI is InChI=1S/C13H13N5O3S/c1-2-18-8-12(7-15-18)22(19,20)17-11-5-3-4-10(6-11)13-16-14-9-21-13/h3-9,17H,2H2,1H3. The van der Waals surface area contributed by atoms with Crippen LogP contribution in [0.1, 0.15) is 6.92 Å². The minimum absolute atomic E-state index is 0.109. The van der Waals surface area contributed by atoms with Gasteiger partial charge in [0.25, 0.3) is 10.0 Å². The van der Waals surface area contributed by atoms with E-state index < -0.39 is 10.0 Å². The van der Waals surface area contributed by atoms with Crippen molar-refractivity contribution < 1.29 is 12.8 Å². The molecule has 0 unspecified atom stereocenters. The highest BCUT2D eigenvalue weighted by Crippen LogP contribution is 2.22. The summed E-state index contributed by atoms with van der Waals surface area (Å²) in [7, 11) is -3.69. The number of hydrogen-bond donors (Lipinski definition) is 1. The Morgan fingerprint density at radius 1 is 1.36 bits per heavy atom. The van der Waals surface area contributed by atoms with Crippen LogP contribution in [0, 0.1) is 0 Å². The third-order valence-electron chi connectivity index (χ3n) is 2.97. The van der Waals surface area contributed by atoms with E-state index in [0.717, 1.165) is 0 Å². The summed E-state index contributed by atoms with van der Waals surface area (Å²) in [6.07, 6.45) is 4.00. The van der Waals surface area contributed by atoms with Gasteiger partial charge in [-0.25, -0.2) is 8.42 Å². The second-order valence-electron chi connectivity index (χ2n) is 4.46. The van der Waals surface area contributed by atoms with Crippen molar-refractivity contribution in [1.82, 2.24) is 20.0 Å². The summed E-state index contributed by atoms with van der Waals surface area (Å²) in [6, 6.07) is 6.71. The molecule has 114 valence electrons. The highest BCUT2D eigenvalue weighted by molar-refractivity contribution is 7.92. The van der Waals surface area contributed by atoms with Crippen molar-refractivity contribution in [2.24, 2.45) is 0 Å². The van der Waals surface area contributed by atoms with Crippen LogP contribution in [0.5, 0.6) is 0 Å². The van der Waals surface area contributed by atoms with Gasteiger partial charge in [0.1, 0.15) is 4.90 Å².